The summed E-state index contributed by atoms with van der Waals surface area (Å²) in [5.74, 6) is 1.77. The summed E-state index contributed by atoms with van der Waals surface area (Å²) < 4.78 is 7.83. The third-order valence-electron chi connectivity index (χ3n) is 4.52. The third-order valence-corrected chi connectivity index (χ3v) is 5.54. The molecule has 1 N–H and O–H groups in total. The topological polar surface area (TPSA) is 69.0 Å². The lowest BCUT2D eigenvalue weighted by Gasteiger charge is -2.11. The van der Waals surface area contributed by atoms with Crippen LogP contribution in [0.2, 0.25) is 0 Å². The number of thioether (sulfide) groups is 1. The minimum absolute atomic E-state index is 0.0728. The summed E-state index contributed by atoms with van der Waals surface area (Å²) in [6.07, 6.45) is 0. The van der Waals surface area contributed by atoms with Crippen molar-refractivity contribution < 1.29 is 9.53 Å². The number of nitrogens with one attached hydrogen (secondary N) is 1. The van der Waals surface area contributed by atoms with Crippen LogP contribution in [0, 0.1) is 27.7 Å². The second-order valence-corrected chi connectivity index (χ2v) is 8.12. The van der Waals surface area contributed by atoms with Gasteiger partial charge in [-0.2, -0.15) is 0 Å². The number of amides is 1. The molecular weight excluding hydrogens is 384 g/mol. The van der Waals surface area contributed by atoms with Gasteiger partial charge in [0.2, 0.25) is 5.91 Å². The zero-order chi connectivity index (χ0) is 21.0. The second kappa shape index (κ2) is 9.13. The number of benzene rings is 2. The van der Waals surface area contributed by atoms with Crippen LogP contribution >= 0.6 is 11.8 Å². The Bertz CT molecular complexity index is 989. The number of hydrogen-bond acceptors (Lipinski definition) is 5. The average Bonchev–Trinajstić information content (AvgIpc) is 2.98. The lowest BCUT2D eigenvalue weighted by Crippen LogP contribution is -2.14. The molecule has 0 fully saturated rings. The summed E-state index contributed by atoms with van der Waals surface area (Å²) >= 11 is 1.35. The number of nitrogens with zero attached hydrogens (tertiary/aromatic N) is 3. The first-order valence-corrected chi connectivity index (χ1v) is 10.4. The van der Waals surface area contributed by atoms with E-state index in [0.29, 0.717) is 17.6 Å². The average molecular weight is 411 g/mol. The molecule has 2 aromatic carbocycles. The van der Waals surface area contributed by atoms with Crippen molar-refractivity contribution in [1.29, 1.82) is 0 Å². The van der Waals surface area contributed by atoms with Crippen molar-refractivity contribution in [3.63, 3.8) is 0 Å². The van der Waals surface area contributed by atoms with Crippen molar-refractivity contribution in [2.45, 2.75) is 39.5 Å². The van der Waals surface area contributed by atoms with Crippen LogP contribution in [0.5, 0.6) is 5.75 Å². The quantitative estimate of drug-likeness (QED) is 0.586. The molecule has 3 aromatic rings. The van der Waals surface area contributed by atoms with Crippen LogP contribution in [0.3, 0.4) is 0 Å². The van der Waals surface area contributed by atoms with Crippen molar-refractivity contribution in [2.75, 3.05) is 11.1 Å². The van der Waals surface area contributed by atoms with E-state index in [1.807, 2.05) is 69.6 Å². The van der Waals surface area contributed by atoms with Gasteiger partial charge in [-0.15, -0.1) is 10.2 Å². The van der Waals surface area contributed by atoms with E-state index in [2.05, 4.69) is 21.6 Å². The monoisotopic (exact) mass is 410 g/mol. The molecule has 0 unspecified atom stereocenters. The van der Waals surface area contributed by atoms with Gasteiger partial charge in [0.1, 0.15) is 12.4 Å². The molecular formula is C22H26N4O2S. The van der Waals surface area contributed by atoms with E-state index in [9.17, 15) is 4.79 Å². The van der Waals surface area contributed by atoms with Crippen molar-refractivity contribution >= 4 is 23.4 Å². The van der Waals surface area contributed by atoms with E-state index in [4.69, 9.17) is 4.74 Å². The van der Waals surface area contributed by atoms with E-state index in [0.717, 1.165) is 33.7 Å². The molecule has 6 nitrogen and oxygen atoms in total. The van der Waals surface area contributed by atoms with E-state index in [1.165, 1.54) is 11.8 Å². The Morgan fingerprint density at radius 2 is 1.72 bits per heavy atom. The molecule has 3 rings (SSSR count). The van der Waals surface area contributed by atoms with Gasteiger partial charge in [0, 0.05) is 12.7 Å². The summed E-state index contributed by atoms with van der Waals surface area (Å²) in [5.41, 5.74) is 5.23. The van der Waals surface area contributed by atoms with Crippen LogP contribution in [-0.4, -0.2) is 26.4 Å². The zero-order valence-electron chi connectivity index (χ0n) is 17.4. The first-order valence-electron chi connectivity index (χ1n) is 9.41. The SMILES string of the molecule is Cc1cc(C)cc(NC(=O)CSc2nnc(COc3c(C)cccc3C)n2C)c1. The number of ether oxygens (including phenoxy) is 1. The molecule has 1 aromatic heterocycles. The smallest absolute Gasteiger partial charge is 0.234 e. The molecule has 0 radical (unpaired) electrons. The van der Waals surface area contributed by atoms with E-state index < -0.39 is 0 Å². The molecule has 7 heteroatoms. The molecule has 0 aliphatic heterocycles. The van der Waals surface area contributed by atoms with Gasteiger partial charge in [0.25, 0.3) is 0 Å². The Hall–Kier alpha value is -2.80. The molecule has 29 heavy (non-hydrogen) atoms. The molecule has 0 saturated carbocycles. The highest BCUT2D eigenvalue weighted by Crippen LogP contribution is 2.24. The fraction of sp³-hybridized carbons (Fsp3) is 0.318. The molecule has 0 atom stereocenters. The molecule has 0 bridgehead atoms. The van der Waals surface area contributed by atoms with Gasteiger partial charge in [0.15, 0.2) is 11.0 Å². The number of carbonyl (C=O) groups excluding carboxylic acids is 1. The normalized spacial score (nSPS) is 10.8. The highest BCUT2D eigenvalue weighted by molar-refractivity contribution is 7.99. The lowest BCUT2D eigenvalue weighted by molar-refractivity contribution is -0.113. The largest absolute Gasteiger partial charge is 0.485 e. The summed E-state index contributed by atoms with van der Waals surface area (Å²) in [6.45, 7) is 8.39. The van der Waals surface area contributed by atoms with Gasteiger partial charge in [0.05, 0.1) is 5.75 Å². The summed E-state index contributed by atoms with van der Waals surface area (Å²) in [6, 6.07) is 12.1. The Labute approximate surface area is 175 Å². The standard InChI is InChI=1S/C22H26N4O2S/c1-14-9-15(2)11-18(10-14)23-20(27)13-29-22-25-24-19(26(22)5)12-28-21-16(3)7-6-8-17(21)4/h6-11H,12-13H2,1-5H3,(H,23,27). The fourth-order valence-corrected chi connectivity index (χ4v) is 3.86. The summed E-state index contributed by atoms with van der Waals surface area (Å²) in [7, 11) is 1.88. The minimum Gasteiger partial charge on any atom is -0.485 e. The number of hydrogen-bond donors (Lipinski definition) is 1. The Balaban J connectivity index is 1.57. The third kappa shape index (κ3) is 5.38. The maximum Gasteiger partial charge on any atom is 0.234 e. The molecule has 0 spiro atoms. The Morgan fingerprint density at radius 3 is 2.38 bits per heavy atom. The summed E-state index contributed by atoms with van der Waals surface area (Å²) in [5, 5.41) is 12.0. The van der Waals surface area contributed by atoms with E-state index in [-0.39, 0.29) is 11.7 Å². The number of rotatable bonds is 7. The molecule has 0 saturated heterocycles. The van der Waals surface area contributed by atoms with Crippen LogP contribution in [0.15, 0.2) is 41.6 Å². The van der Waals surface area contributed by atoms with Crippen molar-refractivity contribution in [2.24, 2.45) is 7.05 Å². The number of anilines is 1. The van der Waals surface area contributed by atoms with Gasteiger partial charge in [-0.05, 0) is 62.1 Å². The predicted molar refractivity (Wildman–Crippen MR) is 117 cm³/mol. The molecule has 1 heterocycles. The molecule has 0 aliphatic carbocycles. The van der Waals surface area contributed by atoms with Crippen LogP contribution in [0.1, 0.15) is 28.1 Å². The Kier molecular flexibility index (Phi) is 6.59. The van der Waals surface area contributed by atoms with Crippen molar-refractivity contribution in [3.05, 3.63) is 64.5 Å². The molecule has 1 amide bonds. The van der Waals surface area contributed by atoms with Crippen LogP contribution in [0.4, 0.5) is 5.69 Å². The minimum atomic E-state index is -0.0728. The van der Waals surface area contributed by atoms with Crippen LogP contribution in [-0.2, 0) is 18.4 Å². The van der Waals surface area contributed by atoms with E-state index >= 15 is 0 Å². The fourth-order valence-electron chi connectivity index (χ4n) is 3.13. The highest BCUT2D eigenvalue weighted by Gasteiger charge is 2.13. The molecule has 152 valence electrons. The van der Waals surface area contributed by atoms with Gasteiger partial charge < -0.3 is 14.6 Å². The zero-order valence-corrected chi connectivity index (χ0v) is 18.3. The van der Waals surface area contributed by atoms with Gasteiger partial charge in [-0.1, -0.05) is 36.0 Å². The van der Waals surface area contributed by atoms with Crippen LogP contribution < -0.4 is 10.1 Å². The van der Waals surface area contributed by atoms with Gasteiger partial charge in [-0.3, -0.25) is 4.79 Å². The second-order valence-electron chi connectivity index (χ2n) is 7.18. The summed E-state index contributed by atoms with van der Waals surface area (Å²) in [4.78, 5) is 12.3. The highest BCUT2D eigenvalue weighted by atomic mass is 32.2. The number of aromatic nitrogens is 3. The van der Waals surface area contributed by atoms with Crippen LogP contribution in [0.25, 0.3) is 0 Å². The van der Waals surface area contributed by atoms with Crippen molar-refractivity contribution in [3.8, 4) is 5.75 Å². The number of carbonyl (C=O) groups is 1. The predicted octanol–water partition coefficient (Wildman–Crippen LogP) is 4.36. The number of aryl methyl sites for hydroxylation is 4. The molecule has 0 aliphatic rings. The Morgan fingerprint density at radius 1 is 1.07 bits per heavy atom. The lowest BCUT2D eigenvalue weighted by atomic mass is 10.1. The first kappa shape index (κ1) is 20.9. The maximum absolute atomic E-state index is 12.3. The van der Waals surface area contributed by atoms with Gasteiger partial charge in [-0.25, -0.2) is 0 Å². The van der Waals surface area contributed by atoms with Crippen molar-refractivity contribution in [1.82, 2.24) is 14.8 Å². The van der Waals surface area contributed by atoms with Gasteiger partial charge >= 0.3 is 0 Å². The van der Waals surface area contributed by atoms with E-state index in [1.54, 1.807) is 0 Å². The first-order chi connectivity index (χ1) is 13.8. The number of para-hydroxylation sites is 1. The maximum atomic E-state index is 12.3.